The molecule has 1 atom stereocenters. The average Bonchev–Trinajstić information content (AvgIpc) is 2.74. The van der Waals surface area contributed by atoms with E-state index >= 15 is 0 Å². The van der Waals surface area contributed by atoms with E-state index in [-0.39, 0.29) is 17.6 Å². The van der Waals surface area contributed by atoms with Gasteiger partial charge in [-0.1, -0.05) is 11.6 Å². The van der Waals surface area contributed by atoms with Crippen LogP contribution >= 0.6 is 22.9 Å². The molecule has 0 saturated carbocycles. The molecule has 0 bridgehead atoms. The van der Waals surface area contributed by atoms with Gasteiger partial charge < -0.3 is 10.0 Å². The summed E-state index contributed by atoms with van der Waals surface area (Å²) in [6.45, 7) is 0.833. The number of hydrogen-bond acceptors (Lipinski definition) is 4. The molecule has 92 valence electrons. The third kappa shape index (κ3) is 2.58. The number of aliphatic carboxylic acids is 1. The zero-order chi connectivity index (χ0) is 12.4. The minimum absolute atomic E-state index is 0.192. The van der Waals surface area contributed by atoms with Crippen molar-refractivity contribution in [2.45, 2.75) is 12.8 Å². The standard InChI is InChI=1S/C10H11ClN2O3S/c11-8-7(17-5-12-8)9(14)13-3-1-2-6(4-13)10(15)16/h5-6H,1-4H2,(H,15,16)/t6-/m0/s1. The van der Waals surface area contributed by atoms with Crippen molar-refractivity contribution in [1.82, 2.24) is 9.88 Å². The highest BCUT2D eigenvalue weighted by Gasteiger charge is 2.30. The molecule has 1 aromatic heterocycles. The molecule has 1 saturated heterocycles. The fourth-order valence-electron chi connectivity index (χ4n) is 1.88. The number of hydrogen-bond donors (Lipinski definition) is 1. The number of thiazole rings is 1. The molecule has 2 heterocycles. The molecule has 7 heteroatoms. The number of rotatable bonds is 2. The van der Waals surface area contributed by atoms with E-state index in [1.807, 2.05) is 0 Å². The Morgan fingerprint density at radius 1 is 1.59 bits per heavy atom. The molecule has 0 spiro atoms. The number of halogens is 1. The van der Waals surface area contributed by atoms with Crippen LogP contribution in [0, 0.1) is 5.92 Å². The van der Waals surface area contributed by atoms with Gasteiger partial charge in [0.1, 0.15) is 4.88 Å². The van der Waals surface area contributed by atoms with E-state index in [1.165, 1.54) is 16.8 Å². The topological polar surface area (TPSA) is 70.5 Å². The Kier molecular flexibility index (Phi) is 3.63. The van der Waals surface area contributed by atoms with Crippen LogP contribution in [0.1, 0.15) is 22.5 Å². The second-order valence-corrected chi connectivity index (χ2v) is 5.11. The number of likely N-dealkylation sites (tertiary alicyclic amines) is 1. The van der Waals surface area contributed by atoms with Gasteiger partial charge in [0.15, 0.2) is 5.15 Å². The summed E-state index contributed by atoms with van der Waals surface area (Å²) in [6.07, 6.45) is 1.33. The lowest BCUT2D eigenvalue weighted by Gasteiger charge is -2.30. The Morgan fingerprint density at radius 3 is 2.94 bits per heavy atom. The third-order valence-corrected chi connectivity index (χ3v) is 3.99. The largest absolute Gasteiger partial charge is 0.481 e. The number of amides is 1. The Hall–Kier alpha value is -1.14. The van der Waals surface area contributed by atoms with Gasteiger partial charge in [-0.05, 0) is 12.8 Å². The van der Waals surface area contributed by atoms with Crippen LogP contribution in [-0.4, -0.2) is 40.0 Å². The van der Waals surface area contributed by atoms with Crippen molar-refractivity contribution in [3.8, 4) is 0 Å². The Labute approximate surface area is 107 Å². The Bertz CT molecular complexity index is 449. The van der Waals surface area contributed by atoms with E-state index in [0.29, 0.717) is 24.3 Å². The van der Waals surface area contributed by atoms with Gasteiger partial charge >= 0.3 is 5.97 Å². The molecule has 0 aromatic carbocycles. The zero-order valence-electron chi connectivity index (χ0n) is 8.93. The fourth-order valence-corrected chi connectivity index (χ4v) is 2.84. The highest BCUT2D eigenvalue weighted by molar-refractivity contribution is 7.12. The first-order valence-corrected chi connectivity index (χ1v) is 6.46. The molecule has 17 heavy (non-hydrogen) atoms. The molecular formula is C10H11ClN2O3S. The average molecular weight is 275 g/mol. The lowest BCUT2D eigenvalue weighted by atomic mass is 9.98. The molecule has 1 aliphatic rings. The van der Waals surface area contributed by atoms with Gasteiger partial charge in [0.2, 0.25) is 0 Å². The highest BCUT2D eigenvalue weighted by atomic mass is 35.5. The minimum Gasteiger partial charge on any atom is -0.481 e. The quantitative estimate of drug-likeness (QED) is 0.892. The van der Waals surface area contributed by atoms with E-state index in [0.717, 1.165) is 0 Å². The Balaban J connectivity index is 2.10. The summed E-state index contributed by atoms with van der Waals surface area (Å²) >= 11 is 6.97. The van der Waals surface area contributed by atoms with E-state index in [2.05, 4.69) is 4.98 Å². The molecule has 0 radical (unpaired) electrons. The summed E-state index contributed by atoms with van der Waals surface area (Å²) in [5, 5.41) is 9.14. The molecule has 1 amide bonds. The molecule has 2 rings (SSSR count). The first kappa shape index (κ1) is 12.3. The van der Waals surface area contributed by atoms with E-state index < -0.39 is 11.9 Å². The third-order valence-electron chi connectivity index (χ3n) is 2.78. The SMILES string of the molecule is O=C(O)[C@H]1CCCN(C(=O)c2scnc2Cl)C1. The van der Waals surface area contributed by atoms with Gasteiger partial charge in [0, 0.05) is 13.1 Å². The van der Waals surface area contributed by atoms with Gasteiger partial charge in [-0.15, -0.1) is 11.3 Å². The van der Waals surface area contributed by atoms with Crippen LogP contribution in [0.3, 0.4) is 0 Å². The van der Waals surface area contributed by atoms with Gasteiger partial charge in [0.25, 0.3) is 5.91 Å². The van der Waals surface area contributed by atoms with Crippen molar-refractivity contribution < 1.29 is 14.7 Å². The highest BCUT2D eigenvalue weighted by Crippen LogP contribution is 2.24. The Morgan fingerprint density at radius 2 is 2.35 bits per heavy atom. The summed E-state index contributed by atoms with van der Waals surface area (Å²) in [5.74, 6) is -1.54. The summed E-state index contributed by atoms with van der Waals surface area (Å²) < 4.78 is 0. The summed E-state index contributed by atoms with van der Waals surface area (Å²) in [6, 6.07) is 0. The summed E-state index contributed by atoms with van der Waals surface area (Å²) in [7, 11) is 0. The number of carbonyl (C=O) groups excluding carboxylic acids is 1. The van der Waals surface area contributed by atoms with Crippen LogP contribution in [0.25, 0.3) is 0 Å². The van der Waals surface area contributed by atoms with Crippen LogP contribution in [0.15, 0.2) is 5.51 Å². The predicted molar refractivity (Wildman–Crippen MR) is 63.4 cm³/mol. The number of carboxylic acids is 1. The maximum absolute atomic E-state index is 12.1. The lowest BCUT2D eigenvalue weighted by Crippen LogP contribution is -2.42. The number of aromatic nitrogens is 1. The van der Waals surface area contributed by atoms with E-state index in [1.54, 1.807) is 4.90 Å². The zero-order valence-corrected chi connectivity index (χ0v) is 10.5. The molecular weight excluding hydrogens is 264 g/mol. The number of carboxylic acid groups (broad SMARTS) is 1. The normalized spacial score (nSPS) is 20.3. The van der Waals surface area contributed by atoms with Gasteiger partial charge in [0.05, 0.1) is 11.4 Å². The van der Waals surface area contributed by atoms with Crippen LogP contribution in [0.2, 0.25) is 5.15 Å². The molecule has 0 aliphatic carbocycles. The molecule has 1 fully saturated rings. The molecule has 5 nitrogen and oxygen atoms in total. The van der Waals surface area contributed by atoms with Crippen molar-refractivity contribution in [2.24, 2.45) is 5.92 Å². The number of piperidine rings is 1. The number of nitrogens with zero attached hydrogens (tertiary/aromatic N) is 2. The predicted octanol–water partition coefficient (Wildman–Crippen LogP) is 1.73. The maximum Gasteiger partial charge on any atom is 0.308 e. The van der Waals surface area contributed by atoms with Crippen LogP contribution in [0.5, 0.6) is 0 Å². The van der Waals surface area contributed by atoms with E-state index in [4.69, 9.17) is 16.7 Å². The van der Waals surface area contributed by atoms with Gasteiger partial charge in [-0.3, -0.25) is 9.59 Å². The molecule has 1 aromatic rings. The smallest absolute Gasteiger partial charge is 0.308 e. The van der Waals surface area contributed by atoms with Gasteiger partial charge in [-0.2, -0.15) is 0 Å². The van der Waals surface area contributed by atoms with Crippen molar-refractivity contribution in [3.05, 3.63) is 15.5 Å². The van der Waals surface area contributed by atoms with Crippen LogP contribution in [0.4, 0.5) is 0 Å². The summed E-state index contributed by atoms with van der Waals surface area (Å²) in [4.78, 5) is 28.7. The first-order valence-electron chi connectivity index (χ1n) is 5.20. The van der Waals surface area contributed by atoms with Crippen LogP contribution in [-0.2, 0) is 4.79 Å². The van der Waals surface area contributed by atoms with Crippen molar-refractivity contribution in [1.29, 1.82) is 0 Å². The van der Waals surface area contributed by atoms with Crippen molar-refractivity contribution in [2.75, 3.05) is 13.1 Å². The number of carbonyl (C=O) groups is 2. The molecule has 0 unspecified atom stereocenters. The fraction of sp³-hybridized carbons (Fsp3) is 0.500. The maximum atomic E-state index is 12.1. The van der Waals surface area contributed by atoms with Crippen LogP contribution < -0.4 is 0 Å². The monoisotopic (exact) mass is 274 g/mol. The minimum atomic E-state index is -0.849. The van der Waals surface area contributed by atoms with Gasteiger partial charge in [-0.25, -0.2) is 4.98 Å². The molecule has 1 aliphatic heterocycles. The molecule has 1 N–H and O–H groups in total. The van der Waals surface area contributed by atoms with Crippen molar-refractivity contribution in [3.63, 3.8) is 0 Å². The van der Waals surface area contributed by atoms with Crippen molar-refractivity contribution >= 4 is 34.8 Å². The second kappa shape index (κ2) is 5.01. The second-order valence-electron chi connectivity index (χ2n) is 3.90. The first-order chi connectivity index (χ1) is 8.09. The lowest BCUT2D eigenvalue weighted by molar-refractivity contribution is -0.143. The summed E-state index contributed by atoms with van der Waals surface area (Å²) in [5.41, 5.74) is 1.51. The van der Waals surface area contributed by atoms with E-state index in [9.17, 15) is 9.59 Å².